The van der Waals surface area contributed by atoms with Gasteiger partial charge in [-0.1, -0.05) is 29.8 Å². The molecule has 0 bridgehead atoms. The maximum Gasteiger partial charge on any atom is 0.253 e. The maximum absolute atomic E-state index is 12.4. The first-order valence-corrected chi connectivity index (χ1v) is 9.61. The number of likely N-dealkylation sites (tertiary alicyclic amines) is 1. The van der Waals surface area contributed by atoms with Crippen LogP contribution in [0.1, 0.15) is 52.0 Å². The molecule has 28 heavy (non-hydrogen) atoms. The number of rotatable bonds is 6. The van der Waals surface area contributed by atoms with Crippen LogP contribution in [-0.4, -0.2) is 46.6 Å². The quantitative estimate of drug-likeness (QED) is 0.783. The summed E-state index contributed by atoms with van der Waals surface area (Å²) >= 11 is 0. The predicted molar refractivity (Wildman–Crippen MR) is 106 cm³/mol. The predicted octanol–water partition coefficient (Wildman–Crippen LogP) is 2.77. The Morgan fingerprint density at radius 3 is 2.39 bits per heavy atom. The van der Waals surface area contributed by atoms with Crippen molar-refractivity contribution in [2.45, 2.75) is 38.6 Å². The smallest absolute Gasteiger partial charge is 0.253 e. The van der Waals surface area contributed by atoms with E-state index in [2.05, 4.69) is 10.3 Å². The summed E-state index contributed by atoms with van der Waals surface area (Å²) in [4.78, 5) is 42.6. The minimum atomic E-state index is -0.137. The minimum Gasteiger partial charge on any atom is -0.349 e. The van der Waals surface area contributed by atoms with Crippen molar-refractivity contribution in [3.8, 4) is 0 Å². The summed E-state index contributed by atoms with van der Waals surface area (Å²) in [5.41, 5.74) is 2.29. The minimum absolute atomic E-state index is 0.00232. The number of Topliss-reactive ketones (excluding diaryl/α,β-unsaturated/α-hetero) is 1. The van der Waals surface area contributed by atoms with Crippen LogP contribution >= 0.6 is 0 Å². The van der Waals surface area contributed by atoms with Crippen molar-refractivity contribution in [2.75, 3.05) is 13.1 Å². The number of hydrogen-bond donors (Lipinski definition) is 1. The van der Waals surface area contributed by atoms with E-state index in [1.807, 2.05) is 19.1 Å². The lowest BCUT2D eigenvalue weighted by atomic mass is 10.0. The normalized spacial score (nSPS) is 14.5. The number of amides is 2. The average Bonchev–Trinajstić information content (AvgIpc) is 2.73. The van der Waals surface area contributed by atoms with Gasteiger partial charge in [0.2, 0.25) is 5.91 Å². The van der Waals surface area contributed by atoms with Crippen LogP contribution in [0.25, 0.3) is 0 Å². The molecule has 1 fully saturated rings. The average molecular weight is 379 g/mol. The fraction of sp³-hybridized carbons (Fsp3) is 0.364. The standard InChI is InChI=1S/C22H25N3O3/c1-16-4-6-17(7-5-16)20(26)8-9-21(27)25-13-10-19(11-14-25)24-22(28)18-3-2-12-23-15-18/h2-7,12,15,19H,8-11,13-14H2,1H3,(H,24,28). The van der Waals surface area contributed by atoms with Gasteiger partial charge in [-0.15, -0.1) is 0 Å². The molecule has 1 aliphatic rings. The highest BCUT2D eigenvalue weighted by Gasteiger charge is 2.24. The Bertz CT molecular complexity index is 826. The number of aromatic nitrogens is 1. The molecule has 1 N–H and O–H groups in total. The van der Waals surface area contributed by atoms with Gasteiger partial charge < -0.3 is 10.2 Å². The maximum atomic E-state index is 12.4. The Hall–Kier alpha value is -3.02. The van der Waals surface area contributed by atoms with E-state index in [1.54, 1.807) is 41.6 Å². The topological polar surface area (TPSA) is 79.4 Å². The summed E-state index contributed by atoms with van der Waals surface area (Å²) in [6.07, 6.45) is 5.04. The van der Waals surface area contributed by atoms with E-state index >= 15 is 0 Å². The lowest BCUT2D eigenvalue weighted by molar-refractivity contribution is -0.132. The molecule has 6 heteroatoms. The molecule has 1 aromatic carbocycles. The highest BCUT2D eigenvalue weighted by atomic mass is 16.2. The van der Waals surface area contributed by atoms with Crippen molar-refractivity contribution in [2.24, 2.45) is 0 Å². The summed E-state index contributed by atoms with van der Waals surface area (Å²) in [7, 11) is 0. The van der Waals surface area contributed by atoms with E-state index in [-0.39, 0.29) is 36.5 Å². The van der Waals surface area contributed by atoms with Crippen LogP contribution in [0.5, 0.6) is 0 Å². The van der Waals surface area contributed by atoms with Crippen LogP contribution < -0.4 is 5.32 Å². The zero-order valence-electron chi connectivity index (χ0n) is 16.1. The third-order valence-electron chi connectivity index (χ3n) is 5.05. The first-order chi connectivity index (χ1) is 13.5. The summed E-state index contributed by atoms with van der Waals surface area (Å²) in [5, 5.41) is 3.00. The number of nitrogens with one attached hydrogen (secondary N) is 1. The first-order valence-electron chi connectivity index (χ1n) is 9.61. The van der Waals surface area contributed by atoms with Gasteiger partial charge in [-0.25, -0.2) is 0 Å². The number of piperidine rings is 1. The monoisotopic (exact) mass is 379 g/mol. The zero-order chi connectivity index (χ0) is 19.9. The largest absolute Gasteiger partial charge is 0.349 e. The van der Waals surface area contributed by atoms with E-state index in [0.717, 1.165) is 5.56 Å². The second-order valence-corrected chi connectivity index (χ2v) is 7.16. The second kappa shape index (κ2) is 9.26. The van der Waals surface area contributed by atoms with Crippen molar-refractivity contribution in [1.29, 1.82) is 0 Å². The number of carbonyl (C=O) groups is 3. The van der Waals surface area contributed by atoms with Gasteiger partial charge >= 0.3 is 0 Å². The van der Waals surface area contributed by atoms with E-state index in [9.17, 15) is 14.4 Å². The van der Waals surface area contributed by atoms with Gasteiger partial charge in [0.25, 0.3) is 5.91 Å². The van der Waals surface area contributed by atoms with Crippen LogP contribution in [0.4, 0.5) is 0 Å². The highest BCUT2D eigenvalue weighted by Crippen LogP contribution is 2.14. The Morgan fingerprint density at radius 2 is 1.75 bits per heavy atom. The van der Waals surface area contributed by atoms with E-state index < -0.39 is 0 Å². The fourth-order valence-corrected chi connectivity index (χ4v) is 3.30. The molecule has 0 atom stereocenters. The molecule has 6 nitrogen and oxygen atoms in total. The van der Waals surface area contributed by atoms with Gasteiger partial charge in [0.15, 0.2) is 5.78 Å². The molecular formula is C22H25N3O3. The molecule has 0 aliphatic carbocycles. The Balaban J connectivity index is 1.41. The fourth-order valence-electron chi connectivity index (χ4n) is 3.30. The van der Waals surface area contributed by atoms with Gasteiger partial charge in [-0.05, 0) is 31.9 Å². The summed E-state index contributed by atoms with van der Waals surface area (Å²) in [6.45, 7) is 3.16. The van der Waals surface area contributed by atoms with E-state index in [1.165, 1.54) is 0 Å². The highest BCUT2D eigenvalue weighted by molar-refractivity contribution is 5.98. The van der Waals surface area contributed by atoms with Gasteiger partial charge in [0.05, 0.1) is 5.56 Å². The van der Waals surface area contributed by atoms with Crippen molar-refractivity contribution in [3.63, 3.8) is 0 Å². The zero-order valence-corrected chi connectivity index (χ0v) is 16.1. The molecule has 0 spiro atoms. The van der Waals surface area contributed by atoms with Gasteiger partial charge in [0.1, 0.15) is 0 Å². The summed E-state index contributed by atoms with van der Waals surface area (Å²) in [6, 6.07) is 10.9. The number of nitrogens with zero attached hydrogens (tertiary/aromatic N) is 2. The van der Waals surface area contributed by atoms with Crippen LogP contribution in [-0.2, 0) is 4.79 Å². The number of pyridine rings is 1. The van der Waals surface area contributed by atoms with Crippen molar-refractivity contribution >= 4 is 17.6 Å². The van der Waals surface area contributed by atoms with Crippen LogP contribution in [0.2, 0.25) is 0 Å². The molecule has 146 valence electrons. The van der Waals surface area contributed by atoms with Gasteiger partial charge in [0, 0.05) is 49.9 Å². The molecular weight excluding hydrogens is 354 g/mol. The molecule has 1 aromatic heterocycles. The molecule has 0 radical (unpaired) electrons. The molecule has 3 rings (SSSR count). The second-order valence-electron chi connectivity index (χ2n) is 7.16. The van der Waals surface area contributed by atoms with Gasteiger partial charge in [-0.2, -0.15) is 0 Å². The number of hydrogen-bond acceptors (Lipinski definition) is 4. The number of aryl methyl sites for hydroxylation is 1. The van der Waals surface area contributed by atoms with Crippen molar-refractivity contribution in [1.82, 2.24) is 15.2 Å². The van der Waals surface area contributed by atoms with E-state index in [0.29, 0.717) is 37.1 Å². The number of ketones is 1. The Morgan fingerprint density at radius 1 is 1.04 bits per heavy atom. The summed E-state index contributed by atoms with van der Waals surface area (Å²) < 4.78 is 0. The number of benzene rings is 1. The first kappa shape index (κ1) is 19.7. The van der Waals surface area contributed by atoms with Crippen molar-refractivity contribution < 1.29 is 14.4 Å². The third-order valence-corrected chi connectivity index (χ3v) is 5.05. The van der Waals surface area contributed by atoms with Crippen molar-refractivity contribution in [3.05, 3.63) is 65.5 Å². The Kier molecular flexibility index (Phi) is 6.53. The molecule has 0 saturated carbocycles. The van der Waals surface area contributed by atoms with Crippen LogP contribution in [0.3, 0.4) is 0 Å². The SMILES string of the molecule is Cc1ccc(C(=O)CCC(=O)N2CCC(NC(=O)c3cccnc3)CC2)cc1. The van der Waals surface area contributed by atoms with E-state index in [4.69, 9.17) is 0 Å². The molecule has 2 aromatic rings. The lowest BCUT2D eigenvalue weighted by Crippen LogP contribution is -2.46. The van der Waals surface area contributed by atoms with Crippen LogP contribution in [0.15, 0.2) is 48.8 Å². The van der Waals surface area contributed by atoms with Gasteiger partial charge in [-0.3, -0.25) is 19.4 Å². The summed E-state index contributed by atoms with van der Waals surface area (Å²) in [5.74, 6) is -0.147. The molecule has 2 heterocycles. The molecule has 1 saturated heterocycles. The number of carbonyl (C=O) groups excluding carboxylic acids is 3. The van der Waals surface area contributed by atoms with Crippen LogP contribution in [0, 0.1) is 6.92 Å². The molecule has 2 amide bonds. The lowest BCUT2D eigenvalue weighted by Gasteiger charge is -2.32. The Labute approximate surface area is 165 Å². The molecule has 0 unspecified atom stereocenters. The molecule has 1 aliphatic heterocycles. The third kappa shape index (κ3) is 5.25.